The molecule has 9 heteroatoms. The summed E-state index contributed by atoms with van der Waals surface area (Å²) in [6.07, 6.45) is 2.79. The van der Waals surface area contributed by atoms with Crippen LogP contribution in [0.3, 0.4) is 0 Å². The van der Waals surface area contributed by atoms with E-state index in [1.54, 1.807) is 6.07 Å². The van der Waals surface area contributed by atoms with Crippen molar-refractivity contribution in [1.29, 1.82) is 0 Å². The standard InChI is InChI=1S/C19H15ClN4O3S/c1-12-15-9-16(19(25)27-11-17-21-7-2-8-24(17)26)28-18(15)23(22-12)10-13-3-5-14(20)6-4-13/h2-9H,10-11H2,1H3. The molecule has 28 heavy (non-hydrogen) atoms. The zero-order valence-corrected chi connectivity index (χ0v) is 16.4. The number of hydrogen-bond donors (Lipinski definition) is 0. The van der Waals surface area contributed by atoms with Crippen molar-refractivity contribution in [1.82, 2.24) is 14.8 Å². The Balaban J connectivity index is 1.55. The fourth-order valence-electron chi connectivity index (χ4n) is 2.77. The van der Waals surface area contributed by atoms with E-state index in [1.807, 2.05) is 35.9 Å². The van der Waals surface area contributed by atoms with Crippen molar-refractivity contribution >= 4 is 39.1 Å². The Bertz CT molecular complexity index is 1150. The molecule has 4 rings (SSSR count). The van der Waals surface area contributed by atoms with Gasteiger partial charge in [-0.25, -0.2) is 9.52 Å². The maximum absolute atomic E-state index is 12.4. The highest BCUT2D eigenvalue weighted by atomic mass is 35.5. The van der Waals surface area contributed by atoms with E-state index in [9.17, 15) is 10.0 Å². The topological polar surface area (TPSA) is 84.0 Å². The molecule has 0 bridgehead atoms. The molecule has 7 nitrogen and oxygen atoms in total. The van der Waals surface area contributed by atoms with Gasteiger partial charge in [0.15, 0.2) is 6.61 Å². The molecule has 142 valence electrons. The molecule has 4 aromatic rings. The van der Waals surface area contributed by atoms with Crippen molar-refractivity contribution in [2.24, 2.45) is 0 Å². The molecule has 0 fully saturated rings. The van der Waals surface area contributed by atoms with Crippen molar-refractivity contribution in [2.75, 3.05) is 0 Å². The van der Waals surface area contributed by atoms with E-state index < -0.39 is 5.97 Å². The van der Waals surface area contributed by atoms with Crippen LogP contribution in [0.25, 0.3) is 10.2 Å². The first-order valence-corrected chi connectivity index (χ1v) is 9.62. The molecule has 3 heterocycles. The lowest BCUT2D eigenvalue weighted by Crippen LogP contribution is -2.33. The van der Waals surface area contributed by atoms with Gasteiger partial charge in [0.2, 0.25) is 0 Å². The van der Waals surface area contributed by atoms with Crippen LogP contribution in [-0.4, -0.2) is 20.7 Å². The van der Waals surface area contributed by atoms with Crippen molar-refractivity contribution in [3.63, 3.8) is 0 Å². The number of hydrogen-bond acceptors (Lipinski definition) is 6. The number of carbonyl (C=O) groups excluding carboxylic acids is 1. The minimum atomic E-state index is -0.496. The Morgan fingerprint density at radius 1 is 1.36 bits per heavy atom. The van der Waals surface area contributed by atoms with Gasteiger partial charge in [0.05, 0.1) is 18.4 Å². The highest BCUT2D eigenvalue weighted by Gasteiger charge is 2.19. The quantitative estimate of drug-likeness (QED) is 0.283. The second kappa shape index (κ2) is 7.57. The van der Waals surface area contributed by atoms with Gasteiger partial charge in [-0.05, 0) is 35.7 Å². The molecule has 0 amide bonds. The van der Waals surface area contributed by atoms with E-state index in [1.165, 1.54) is 29.8 Å². The van der Waals surface area contributed by atoms with E-state index in [-0.39, 0.29) is 12.4 Å². The molecular weight excluding hydrogens is 400 g/mol. The van der Waals surface area contributed by atoms with Crippen LogP contribution in [0.5, 0.6) is 0 Å². The van der Waals surface area contributed by atoms with Gasteiger partial charge >= 0.3 is 11.8 Å². The number of carbonyl (C=O) groups is 1. The SMILES string of the molecule is Cc1nn(Cc2ccc(Cl)cc2)c2sc(C(=O)OCc3nccc[n+]3[O-])cc12. The first kappa shape index (κ1) is 18.4. The lowest BCUT2D eigenvalue weighted by molar-refractivity contribution is -0.620. The molecule has 0 spiro atoms. The largest absolute Gasteiger partial charge is 0.711 e. The Morgan fingerprint density at radius 3 is 2.89 bits per heavy atom. The van der Waals surface area contributed by atoms with E-state index in [2.05, 4.69) is 10.1 Å². The summed E-state index contributed by atoms with van der Waals surface area (Å²) in [5, 5.41) is 17.7. The summed E-state index contributed by atoms with van der Waals surface area (Å²) < 4.78 is 7.69. The number of fused-ring (bicyclic) bond motifs is 1. The fourth-order valence-corrected chi connectivity index (χ4v) is 3.95. The monoisotopic (exact) mass is 414 g/mol. The Morgan fingerprint density at radius 2 is 2.14 bits per heavy atom. The van der Waals surface area contributed by atoms with Gasteiger partial charge in [0.25, 0.3) is 0 Å². The van der Waals surface area contributed by atoms with Crippen LogP contribution in [-0.2, 0) is 17.9 Å². The summed E-state index contributed by atoms with van der Waals surface area (Å²) >= 11 is 7.25. The van der Waals surface area contributed by atoms with Gasteiger partial charge in [-0.15, -0.1) is 11.3 Å². The van der Waals surface area contributed by atoms with Gasteiger partial charge in [0.1, 0.15) is 15.9 Å². The van der Waals surface area contributed by atoms with Crippen LogP contribution < -0.4 is 4.73 Å². The number of ether oxygens (including phenoxy) is 1. The van der Waals surface area contributed by atoms with E-state index in [0.29, 0.717) is 21.2 Å². The summed E-state index contributed by atoms with van der Waals surface area (Å²) in [6.45, 7) is 2.28. The molecule has 0 aliphatic rings. The number of rotatable bonds is 5. The summed E-state index contributed by atoms with van der Waals surface area (Å²) in [5.41, 5.74) is 1.89. The molecular formula is C19H15ClN4O3S. The smallest absolute Gasteiger partial charge is 0.349 e. The minimum absolute atomic E-state index is 0.127. The molecule has 3 aromatic heterocycles. The first-order chi connectivity index (χ1) is 13.5. The van der Waals surface area contributed by atoms with Gasteiger partial charge in [0, 0.05) is 16.5 Å². The van der Waals surface area contributed by atoms with Crippen molar-refractivity contribution in [2.45, 2.75) is 20.1 Å². The van der Waals surface area contributed by atoms with Crippen molar-refractivity contribution < 1.29 is 14.3 Å². The second-order valence-electron chi connectivity index (χ2n) is 6.14. The number of aromatic nitrogens is 4. The highest BCUT2D eigenvalue weighted by molar-refractivity contribution is 7.20. The third-order valence-electron chi connectivity index (χ3n) is 4.17. The zero-order chi connectivity index (χ0) is 19.7. The minimum Gasteiger partial charge on any atom is -0.711 e. The zero-order valence-electron chi connectivity index (χ0n) is 14.8. The number of nitrogens with zero attached hydrogens (tertiary/aromatic N) is 4. The Hall–Kier alpha value is -2.97. The molecule has 0 aliphatic carbocycles. The van der Waals surface area contributed by atoms with E-state index in [0.717, 1.165) is 21.5 Å². The molecule has 0 aliphatic heterocycles. The molecule has 1 aromatic carbocycles. The van der Waals surface area contributed by atoms with Crippen LogP contribution in [0.4, 0.5) is 0 Å². The van der Waals surface area contributed by atoms with Crippen molar-refractivity contribution in [3.05, 3.63) is 81.0 Å². The van der Waals surface area contributed by atoms with Crippen LogP contribution >= 0.6 is 22.9 Å². The summed E-state index contributed by atoms with van der Waals surface area (Å²) in [7, 11) is 0. The maximum atomic E-state index is 12.4. The normalized spacial score (nSPS) is 11.1. The molecule has 0 unspecified atom stereocenters. The summed E-state index contributed by atoms with van der Waals surface area (Å²) in [4.78, 5) is 17.7. The fraction of sp³-hybridized carbons (Fsp3) is 0.158. The Kier molecular flexibility index (Phi) is 4.97. The predicted octanol–water partition coefficient (Wildman–Crippen LogP) is 3.49. The first-order valence-electron chi connectivity index (χ1n) is 8.43. The van der Waals surface area contributed by atoms with E-state index in [4.69, 9.17) is 16.3 Å². The molecule has 0 N–H and O–H groups in total. The third kappa shape index (κ3) is 3.69. The van der Waals surface area contributed by atoms with Crippen LogP contribution in [0.1, 0.15) is 26.8 Å². The summed E-state index contributed by atoms with van der Waals surface area (Å²) in [6, 6.07) is 10.8. The van der Waals surface area contributed by atoms with Gasteiger partial charge in [-0.3, -0.25) is 4.68 Å². The molecule has 0 saturated heterocycles. The summed E-state index contributed by atoms with van der Waals surface area (Å²) in [5.74, 6) is -0.369. The van der Waals surface area contributed by atoms with Gasteiger partial charge in [-0.2, -0.15) is 5.10 Å². The number of benzene rings is 1. The second-order valence-corrected chi connectivity index (χ2v) is 7.60. The van der Waals surface area contributed by atoms with Gasteiger partial charge < -0.3 is 9.94 Å². The van der Waals surface area contributed by atoms with Crippen LogP contribution in [0.15, 0.2) is 48.8 Å². The number of aryl methyl sites for hydroxylation is 1. The molecule has 0 saturated carbocycles. The average Bonchev–Trinajstić information content (AvgIpc) is 3.24. The van der Waals surface area contributed by atoms with Crippen LogP contribution in [0.2, 0.25) is 5.02 Å². The maximum Gasteiger partial charge on any atom is 0.349 e. The predicted molar refractivity (Wildman–Crippen MR) is 105 cm³/mol. The third-order valence-corrected chi connectivity index (χ3v) is 5.55. The van der Waals surface area contributed by atoms with Crippen molar-refractivity contribution in [3.8, 4) is 0 Å². The number of esters is 1. The average molecular weight is 415 g/mol. The molecule has 0 atom stereocenters. The molecule has 0 radical (unpaired) electrons. The highest BCUT2D eigenvalue weighted by Crippen LogP contribution is 2.29. The number of halogens is 1. The lowest BCUT2D eigenvalue weighted by atomic mass is 10.2. The number of thiophene rings is 1. The van der Waals surface area contributed by atoms with E-state index >= 15 is 0 Å². The Labute approximate surface area is 169 Å². The lowest BCUT2D eigenvalue weighted by Gasteiger charge is -2.05. The van der Waals surface area contributed by atoms with Gasteiger partial charge in [-0.1, -0.05) is 23.7 Å². The van der Waals surface area contributed by atoms with Crippen LogP contribution in [0, 0.1) is 12.1 Å².